The first-order chi connectivity index (χ1) is 49.4. The lowest BCUT2D eigenvalue weighted by molar-refractivity contribution is -0.136. The number of nitrogens with zero attached hydrogens (tertiary/aromatic N) is 2. The van der Waals surface area contributed by atoms with Crippen LogP contribution < -0.4 is 110 Å². The maximum Gasteiger partial charge on any atom is 0.245 e. The molecule has 3 aromatic carbocycles. The summed E-state index contributed by atoms with van der Waals surface area (Å²) in [4.78, 5) is 183. The van der Waals surface area contributed by atoms with Crippen molar-refractivity contribution in [3.63, 3.8) is 0 Å². The molecule has 0 spiro atoms. The Kier molecular flexibility index (Phi) is 39.5. The second-order valence-corrected chi connectivity index (χ2v) is 24.3. The number of aliphatic hydroxyl groups is 1. The topological polar surface area (TPSA) is 640 Å². The smallest absolute Gasteiger partial charge is 0.245 e. The molecule has 0 heterocycles. The van der Waals surface area contributed by atoms with Crippen LogP contribution in [0, 0.1) is 5.82 Å². The van der Waals surface area contributed by atoms with E-state index in [2.05, 4.69) is 73.8 Å². The summed E-state index contributed by atoms with van der Waals surface area (Å²) in [6.07, 6.45) is 1.36. The number of rotatable bonds is 48. The van der Waals surface area contributed by atoms with Gasteiger partial charge >= 0.3 is 0 Å². The highest BCUT2D eigenvalue weighted by Crippen LogP contribution is 2.13. The molecule has 3 aromatic rings. The summed E-state index contributed by atoms with van der Waals surface area (Å²) in [6.45, 7) is -0.0322. The van der Waals surface area contributed by atoms with Crippen molar-refractivity contribution in [2.45, 2.75) is 158 Å². The van der Waals surface area contributed by atoms with Gasteiger partial charge in [0.05, 0.1) is 32.3 Å². The Balaban J connectivity index is 1.74. The predicted molar refractivity (Wildman–Crippen MR) is 380 cm³/mol. The van der Waals surface area contributed by atoms with E-state index >= 15 is 0 Å². The normalized spacial score (nSPS) is 13.7. The van der Waals surface area contributed by atoms with Gasteiger partial charge in [0.25, 0.3) is 0 Å². The van der Waals surface area contributed by atoms with Crippen molar-refractivity contribution in [1.82, 2.24) is 63.8 Å². The summed E-state index contributed by atoms with van der Waals surface area (Å²) in [6, 6.07) is 5.47. The Morgan fingerprint density at radius 2 is 0.788 bits per heavy atom. The third-order valence-corrected chi connectivity index (χ3v) is 15.6. The highest BCUT2D eigenvalue weighted by atomic mass is 19.1. The number of nitrogens with two attached hydrogens (primary N) is 8. The molecule has 13 amide bonds. The molecular weight excluding hydrogens is 1360 g/mol. The number of carbonyl (C=O) groups is 13. The van der Waals surface area contributed by atoms with Gasteiger partial charge in [0, 0.05) is 25.9 Å². The number of phenolic OH excluding ortho intramolecular Hbond substituents is 1. The van der Waals surface area contributed by atoms with Crippen LogP contribution in [0.5, 0.6) is 5.75 Å². The second-order valence-electron chi connectivity index (χ2n) is 24.3. The van der Waals surface area contributed by atoms with E-state index in [0.29, 0.717) is 42.5 Å². The SMILES string of the molecule is C[C@H](NC(=O)CNC(=O)[C@H](Cc1ccc(F)cc1)NC(=O)[C@H](Cc1ccccc1)NC(=O)CNC(=O)CNC(=O)[C@@H](N)Cc1ccc(O)cc1)C(=O)N[C@@H](CCCN=C(N)N)C(=O)N[C@@H](CCCCN)C(=O)N[C@@H](CO)C(=O)N[C@@H](C)C(=O)N[C@@H](CCCN=C(N)N)C(=O)N[C@@H](CCCCN)C(N)=O. The molecule has 0 aliphatic carbocycles. The van der Waals surface area contributed by atoms with Gasteiger partial charge in [-0.25, -0.2) is 4.39 Å². The van der Waals surface area contributed by atoms with Crippen LogP contribution in [0.25, 0.3) is 0 Å². The summed E-state index contributed by atoms with van der Waals surface area (Å²) < 4.78 is 14.1. The standard InChI is InChI=1S/C66H101FN22O15/c1-37(81-53(93)35-80-59(99)49(32-41-18-22-42(67)23-19-41)88-63(103)50(31-39-12-4-3-5-13-39)83-54(94)34-78-52(92)33-79-58(98)44(70)30-40-20-24-43(91)25-21-40)56(96)85-48(17-11-29-77-66(74)75)61(101)87-46(15-7-9-27-69)62(102)89-51(36-90)64(104)82-38(2)57(97)86-47(16-10-28-76-65(72)73)60(100)84-45(55(71)95)14-6-8-26-68/h3-5,12-13,18-25,37-38,44-51,90-91H,6-11,14-17,26-36,68-70H2,1-2H3,(H2,71,95)(H,78,92)(H,79,98)(H,80,99)(H,81,93)(H,82,104)(H,83,94)(H,84,100)(H,85,96)(H,86,97)(H,87,101)(H,88,103)(H,89,102)(H4,72,73,76)(H4,74,75,77)/t37-,38-,44-,45-,46-,47-,48-,49-,50-,51-/m0/s1. The van der Waals surface area contributed by atoms with Gasteiger partial charge in [-0.15, -0.1) is 0 Å². The number of primary amides is 1. The fourth-order valence-electron chi connectivity index (χ4n) is 9.88. The van der Waals surface area contributed by atoms with Crippen LogP contribution in [-0.2, 0) is 81.6 Å². The van der Waals surface area contributed by atoms with Crippen LogP contribution in [0.1, 0.15) is 94.7 Å². The molecule has 0 fully saturated rings. The van der Waals surface area contributed by atoms with E-state index in [1.807, 2.05) is 0 Å². The van der Waals surface area contributed by atoms with Gasteiger partial charge in [0.15, 0.2) is 11.9 Å². The van der Waals surface area contributed by atoms with Crippen molar-refractivity contribution >= 4 is 88.7 Å². The maximum atomic E-state index is 14.2. The van der Waals surface area contributed by atoms with Gasteiger partial charge < -0.3 is 120 Å². The van der Waals surface area contributed by atoms with E-state index in [9.17, 15) is 76.9 Å². The predicted octanol–water partition coefficient (Wildman–Crippen LogP) is -7.52. The number of unbranched alkanes of at least 4 members (excludes halogenated alkanes) is 2. The zero-order valence-electron chi connectivity index (χ0n) is 58.2. The number of halogens is 1. The number of carbonyl (C=O) groups excluding carboxylic acids is 13. The maximum absolute atomic E-state index is 14.2. The third-order valence-electron chi connectivity index (χ3n) is 15.6. The number of benzene rings is 3. The third kappa shape index (κ3) is 34.5. The summed E-state index contributed by atoms with van der Waals surface area (Å²) in [5.41, 5.74) is 46.3. The van der Waals surface area contributed by atoms with Crippen LogP contribution in [0.15, 0.2) is 88.8 Å². The minimum atomic E-state index is -1.74. The van der Waals surface area contributed by atoms with Gasteiger partial charge in [-0.1, -0.05) is 54.6 Å². The lowest BCUT2D eigenvalue weighted by Gasteiger charge is -2.26. The molecule has 0 saturated heterocycles. The average molecular weight is 1460 g/mol. The molecule has 0 aliphatic rings. The van der Waals surface area contributed by atoms with Gasteiger partial charge in [-0.3, -0.25) is 72.3 Å². The van der Waals surface area contributed by atoms with Crippen LogP contribution in [0.2, 0.25) is 0 Å². The van der Waals surface area contributed by atoms with Crippen LogP contribution in [-0.4, -0.2) is 212 Å². The number of hydrogen-bond donors (Lipinski definition) is 22. The minimum absolute atomic E-state index is 0.0213. The molecule has 0 unspecified atom stereocenters. The van der Waals surface area contributed by atoms with E-state index in [0.717, 1.165) is 12.1 Å². The zero-order chi connectivity index (χ0) is 77.3. The molecular formula is C66H101FN22O15. The Hall–Kier alpha value is -11.1. The molecule has 0 bridgehead atoms. The summed E-state index contributed by atoms with van der Waals surface area (Å²) in [5.74, 6) is -12.7. The highest BCUT2D eigenvalue weighted by Gasteiger charge is 2.34. The van der Waals surface area contributed by atoms with Crippen molar-refractivity contribution in [1.29, 1.82) is 0 Å². The molecule has 30 N–H and O–H groups in total. The van der Waals surface area contributed by atoms with Crippen molar-refractivity contribution in [3.05, 3.63) is 101 Å². The van der Waals surface area contributed by atoms with E-state index in [4.69, 9.17) is 45.9 Å². The summed E-state index contributed by atoms with van der Waals surface area (Å²) in [5, 5.41) is 49.4. The van der Waals surface area contributed by atoms with Crippen molar-refractivity contribution in [2.75, 3.05) is 52.4 Å². The first-order valence-electron chi connectivity index (χ1n) is 33.7. The number of aromatic hydroxyl groups is 1. The molecule has 572 valence electrons. The van der Waals surface area contributed by atoms with Gasteiger partial charge in [-0.05, 0) is 139 Å². The number of phenols is 1. The van der Waals surface area contributed by atoms with Gasteiger partial charge in [-0.2, -0.15) is 0 Å². The van der Waals surface area contributed by atoms with E-state index in [1.165, 1.54) is 38.1 Å². The molecule has 0 radical (unpaired) electrons. The van der Waals surface area contributed by atoms with Gasteiger partial charge in [0.2, 0.25) is 76.8 Å². The van der Waals surface area contributed by atoms with Crippen LogP contribution in [0.3, 0.4) is 0 Å². The Morgan fingerprint density at radius 1 is 0.404 bits per heavy atom. The molecule has 0 aromatic heterocycles. The minimum Gasteiger partial charge on any atom is -0.508 e. The van der Waals surface area contributed by atoms with Crippen LogP contribution >= 0.6 is 0 Å². The van der Waals surface area contributed by atoms with E-state index in [-0.39, 0.29) is 102 Å². The fraction of sp³-hybridized carbons (Fsp3) is 0.500. The monoisotopic (exact) mass is 1460 g/mol. The van der Waals surface area contributed by atoms with Gasteiger partial charge in [0.1, 0.15) is 65.9 Å². The molecule has 10 atom stereocenters. The quantitative estimate of drug-likeness (QED) is 0.0142. The number of hydrogen-bond acceptors (Lipinski definition) is 20. The van der Waals surface area contributed by atoms with Crippen molar-refractivity contribution in [3.8, 4) is 5.75 Å². The highest BCUT2D eigenvalue weighted by molar-refractivity contribution is 5.99. The summed E-state index contributed by atoms with van der Waals surface area (Å²) in [7, 11) is 0. The lowest BCUT2D eigenvalue weighted by atomic mass is 10.0. The Bertz CT molecular complexity index is 3380. The van der Waals surface area contributed by atoms with Crippen molar-refractivity contribution in [2.24, 2.45) is 55.9 Å². The molecule has 38 heteroatoms. The zero-order valence-corrected chi connectivity index (χ0v) is 58.2. The largest absolute Gasteiger partial charge is 0.508 e. The molecule has 104 heavy (non-hydrogen) atoms. The first kappa shape index (κ1) is 87.1. The molecule has 0 aliphatic heterocycles. The van der Waals surface area contributed by atoms with Crippen LogP contribution in [0.4, 0.5) is 4.39 Å². The molecule has 0 saturated carbocycles. The number of amides is 13. The molecule has 3 rings (SSSR count). The fourth-order valence-corrected chi connectivity index (χ4v) is 9.88. The Labute approximate surface area is 600 Å². The number of aliphatic hydroxyl groups excluding tert-OH is 1. The first-order valence-corrected chi connectivity index (χ1v) is 33.7. The van der Waals surface area contributed by atoms with E-state index in [1.54, 1.807) is 42.5 Å². The molecule has 37 nitrogen and oxygen atoms in total. The van der Waals surface area contributed by atoms with E-state index < -0.39 is 169 Å². The number of aliphatic imine (C=N–C) groups is 2. The Morgan fingerprint density at radius 3 is 1.30 bits per heavy atom. The number of nitrogens with one attached hydrogen (secondary N) is 12. The second kappa shape index (κ2) is 47.1. The number of guanidine groups is 2. The lowest BCUT2D eigenvalue weighted by Crippen LogP contribution is -2.60. The average Bonchev–Trinajstić information content (AvgIpc) is 0.857. The summed E-state index contributed by atoms with van der Waals surface area (Å²) >= 11 is 0. The van der Waals surface area contributed by atoms with Crippen molar-refractivity contribution < 1.29 is 76.9 Å².